The molecule has 23 heavy (non-hydrogen) atoms. The minimum Gasteiger partial charge on any atom is -0.497 e. The largest absolute Gasteiger partial charge is 0.497 e. The molecule has 0 aliphatic heterocycles. The summed E-state index contributed by atoms with van der Waals surface area (Å²) in [6.45, 7) is 1.89. The Hall–Kier alpha value is -2.69. The van der Waals surface area contributed by atoms with Gasteiger partial charge in [-0.2, -0.15) is 0 Å². The first-order chi connectivity index (χ1) is 11.1. The zero-order valence-electron chi connectivity index (χ0n) is 13.5. The van der Waals surface area contributed by atoms with Crippen molar-refractivity contribution in [3.8, 4) is 17.2 Å². The quantitative estimate of drug-likeness (QED) is 0.853. The molecule has 2 aromatic rings. The highest BCUT2D eigenvalue weighted by Crippen LogP contribution is 2.18. The summed E-state index contributed by atoms with van der Waals surface area (Å²) in [7, 11) is 3.22. The third-order valence-electron chi connectivity index (χ3n) is 3.42. The number of hydrogen-bond donors (Lipinski definition) is 1. The van der Waals surface area contributed by atoms with E-state index in [0.29, 0.717) is 5.75 Å². The number of nitrogens with one attached hydrogen (secondary N) is 1. The molecule has 0 radical (unpaired) electrons. The molecule has 1 amide bonds. The number of carbonyl (C=O) groups excluding carboxylic acids is 1. The Kier molecular flexibility index (Phi) is 5.86. The van der Waals surface area contributed by atoms with Crippen LogP contribution in [-0.2, 0) is 4.79 Å². The molecule has 5 nitrogen and oxygen atoms in total. The van der Waals surface area contributed by atoms with E-state index in [0.717, 1.165) is 17.1 Å². The molecule has 2 rings (SSSR count). The topological polar surface area (TPSA) is 56.8 Å². The van der Waals surface area contributed by atoms with Gasteiger partial charge < -0.3 is 19.5 Å². The second-order valence-corrected chi connectivity index (χ2v) is 5.03. The molecule has 0 spiro atoms. The minimum absolute atomic E-state index is 0.0349. The fourth-order valence-electron chi connectivity index (χ4n) is 2.08. The van der Waals surface area contributed by atoms with Crippen molar-refractivity contribution in [3.63, 3.8) is 0 Å². The van der Waals surface area contributed by atoms with Crippen molar-refractivity contribution < 1.29 is 19.0 Å². The third kappa shape index (κ3) is 4.92. The van der Waals surface area contributed by atoms with Gasteiger partial charge in [0.15, 0.2) is 6.61 Å². The summed E-state index contributed by atoms with van der Waals surface area (Å²) in [6.07, 6.45) is 0. The summed E-state index contributed by atoms with van der Waals surface area (Å²) in [5.74, 6) is 1.98. The first kappa shape index (κ1) is 16.7. The lowest BCUT2D eigenvalue weighted by Gasteiger charge is -2.15. The smallest absolute Gasteiger partial charge is 0.258 e. The van der Waals surface area contributed by atoms with Crippen LogP contribution in [0.2, 0.25) is 0 Å². The number of amides is 1. The van der Waals surface area contributed by atoms with E-state index in [-0.39, 0.29) is 18.6 Å². The Morgan fingerprint density at radius 3 is 1.91 bits per heavy atom. The monoisotopic (exact) mass is 315 g/mol. The van der Waals surface area contributed by atoms with Crippen molar-refractivity contribution in [2.24, 2.45) is 0 Å². The molecule has 2 aromatic carbocycles. The fraction of sp³-hybridized carbons (Fsp3) is 0.278. The van der Waals surface area contributed by atoms with Gasteiger partial charge in [0.05, 0.1) is 20.3 Å². The van der Waals surface area contributed by atoms with Gasteiger partial charge in [-0.15, -0.1) is 0 Å². The maximum Gasteiger partial charge on any atom is 0.258 e. The normalized spacial score (nSPS) is 11.4. The lowest BCUT2D eigenvalue weighted by molar-refractivity contribution is -0.123. The van der Waals surface area contributed by atoms with E-state index in [1.54, 1.807) is 38.5 Å². The van der Waals surface area contributed by atoms with Crippen molar-refractivity contribution >= 4 is 5.91 Å². The predicted octanol–water partition coefficient (Wildman–Crippen LogP) is 2.96. The maximum absolute atomic E-state index is 12.0. The first-order valence-electron chi connectivity index (χ1n) is 7.32. The van der Waals surface area contributed by atoms with E-state index >= 15 is 0 Å². The van der Waals surface area contributed by atoms with Gasteiger partial charge >= 0.3 is 0 Å². The van der Waals surface area contributed by atoms with E-state index in [1.807, 2.05) is 31.2 Å². The van der Waals surface area contributed by atoms with Crippen LogP contribution in [0.5, 0.6) is 17.2 Å². The van der Waals surface area contributed by atoms with Gasteiger partial charge in [-0.1, -0.05) is 12.1 Å². The van der Waals surface area contributed by atoms with Gasteiger partial charge in [-0.05, 0) is 48.9 Å². The zero-order valence-corrected chi connectivity index (χ0v) is 13.5. The van der Waals surface area contributed by atoms with Crippen LogP contribution in [0.15, 0.2) is 48.5 Å². The second kappa shape index (κ2) is 8.08. The standard InChI is InChI=1S/C18H21NO4/c1-13(14-4-6-15(21-2)7-5-14)19-18(20)12-23-17-10-8-16(22-3)9-11-17/h4-11,13H,12H2,1-3H3,(H,19,20)/t13-/m1/s1. The minimum atomic E-state index is -0.177. The number of carbonyl (C=O) groups is 1. The van der Waals surface area contributed by atoms with Gasteiger partial charge in [0.2, 0.25) is 0 Å². The molecular formula is C18H21NO4. The second-order valence-electron chi connectivity index (χ2n) is 5.03. The maximum atomic E-state index is 12.0. The Bertz CT molecular complexity index is 622. The van der Waals surface area contributed by atoms with Gasteiger partial charge in [-0.25, -0.2) is 0 Å². The highest BCUT2D eigenvalue weighted by molar-refractivity contribution is 5.78. The molecule has 0 aliphatic carbocycles. The molecule has 0 aromatic heterocycles. The Labute approximate surface area is 136 Å². The van der Waals surface area contributed by atoms with Crippen LogP contribution in [0, 0.1) is 0 Å². The summed E-state index contributed by atoms with van der Waals surface area (Å²) >= 11 is 0. The average Bonchev–Trinajstić information content (AvgIpc) is 2.60. The molecular weight excluding hydrogens is 294 g/mol. The fourth-order valence-corrected chi connectivity index (χ4v) is 2.08. The van der Waals surface area contributed by atoms with E-state index in [1.165, 1.54) is 0 Å². The molecule has 0 saturated carbocycles. The van der Waals surface area contributed by atoms with Gasteiger partial charge in [-0.3, -0.25) is 4.79 Å². The van der Waals surface area contributed by atoms with E-state index in [9.17, 15) is 4.79 Å². The highest BCUT2D eigenvalue weighted by Gasteiger charge is 2.10. The van der Waals surface area contributed by atoms with Crippen LogP contribution in [0.25, 0.3) is 0 Å². The van der Waals surface area contributed by atoms with E-state index < -0.39 is 0 Å². The van der Waals surface area contributed by atoms with Crippen molar-refractivity contribution in [2.75, 3.05) is 20.8 Å². The average molecular weight is 315 g/mol. The molecule has 1 atom stereocenters. The summed E-state index contributed by atoms with van der Waals surface area (Å²) < 4.78 is 15.6. The van der Waals surface area contributed by atoms with Crippen LogP contribution >= 0.6 is 0 Å². The molecule has 0 bridgehead atoms. The summed E-state index contributed by atoms with van der Waals surface area (Å²) in [6, 6.07) is 14.6. The molecule has 122 valence electrons. The number of benzene rings is 2. The lowest BCUT2D eigenvalue weighted by atomic mass is 10.1. The number of rotatable bonds is 7. The van der Waals surface area contributed by atoms with Crippen LogP contribution < -0.4 is 19.5 Å². The number of hydrogen-bond acceptors (Lipinski definition) is 4. The van der Waals surface area contributed by atoms with Crippen LogP contribution in [0.4, 0.5) is 0 Å². The van der Waals surface area contributed by atoms with Crippen LogP contribution in [0.3, 0.4) is 0 Å². The molecule has 0 heterocycles. The lowest BCUT2D eigenvalue weighted by Crippen LogP contribution is -2.31. The molecule has 0 unspecified atom stereocenters. The number of ether oxygens (including phenoxy) is 3. The molecule has 1 N–H and O–H groups in total. The van der Waals surface area contributed by atoms with Gasteiger partial charge in [0.1, 0.15) is 17.2 Å². The SMILES string of the molecule is COc1ccc(OCC(=O)N[C@H](C)c2ccc(OC)cc2)cc1. The first-order valence-corrected chi connectivity index (χ1v) is 7.32. The summed E-state index contributed by atoms with van der Waals surface area (Å²) in [4.78, 5) is 12.0. The van der Waals surface area contributed by atoms with Crippen molar-refractivity contribution in [1.29, 1.82) is 0 Å². The Balaban J connectivity index is 1.83. The van der Waals surface area contributed by atoms with E-state index in [2.05, 4.69) is 5.32 Å². The third-order valence-corrected chi connectivity index (χ3v) is 3.42. The Morgan fingerprint density at radius 2 is 1.39 bits per heavy atom. The zero-order chi connectivity index (χ0) is 16.7. The van der Waals surface area contributed by atoms with E-state index in [4.69, 9.17) is 14.2 Å². The molecule has 0 fully saturated rings. The molecule has 5 heteroatoms. The Morgan fingerprint density at radius 1 is 0.913 bits per heavy atom. The van der Waals surface area contributed by atoms with Gasteiger partial charge in [0.25, 0.3) is 5.91 Å². The number of methoxy groups -OCH3 is 2. The predicted molar refractivity (Wildman–Crippen MR) is 88.0 cm³/mol. The highest BCUT2D eigenvalue weighted by atomic mass is 16.5. The molecule has 0 saturated heterocycles. The summed E-state index contributed by atoms with van der Waals surface area (Å²) in [5, 5.41) is 2.90. The molecule has 0 aliphatic rings. The van der Waals surface area contributed by atoms with Crippen LogP contribution in [0.1, 0.15) is 18.5 Å². The van der Waals surface area contributed by atoms with Crippen LogP contribution in [-0.4, -0.2) is 26.7 Å². The summed E-state index contributed by atoms with van der Waals surface area (Å²) in [5.41, 5.74) is 1.00. The van der Waals surface area contributed by atoms with Gasteiger partial charge in [0, 0.05) is 0 Å². The van der Waals surface area contributed by atoms with Crippen molar-refractivity contribution in [3.05, 3.63) is 54.1 Å². The van der Waals surface area contributed by atoms with Crippen molar-refractivity contribution in [2.45, 2.75) is 13.0 Å². The van der Waals surface area contributed by atoms with Crippen molar-refractivity contribution in [1.82, 2.24) is 5.32 Å².